The van der Waals surface area contributed by atoms with Crippen molar-refractivity contribution in [3.63, 3.8) is 0 Å². The van der Waals surface area contributed by atoms with Crippen molar-refractivity contribution in [1.29, 1.82) is 0 Å². The quantitative estimate of drug-likeness (QED) is 0.333. The number of esters is 2. The Labute approximate surface area is 159 Å². The number of nitrogens with zero attached hydrogens (tertiary/aromatic N) is 1. The molecule has 0 saturated heterocycles. The van der Waals surface area contributed by atoms with Gasteiger partial charge in [0, 0.05) is 15.9 Å². The zero-order valence-electron chi connectivity index (χ0n) is 14.5. The number of carbonyl (C=O) groups is 2. The van der Waals surface area contributed by atoms with Gasteiger partial charge in [-0.2, -0.15) is 0 Å². The molecule has 9 heteroatoms. The fourth-order valence-corrected chi connectivity index (χ4v) is 2.92. The summed E-state index contributed by atoms with van der Waals surface area (Å²) in [6, 6.07) is 13.9. The van der Waals surface area contributed by atoms with E-state index >= 15 is 0 Å². The molecule has 2 aromatic rings. The third-order valence-corrected chi connectivity index (χ3v) is 4.28. The summed E-state index contributed by atoms with van der Waals surface area (Å²) in [5, 5.41) is 13.9. The summed E-state index contributed by atoms with van der Waals surface area (Å²) in [7, 11) is 2.28. The van der Waals surface area contributed by atoms with Crippen LogP contribution in [0.2, 0.25) is 0 Å². The Morgan fingerprint density at radius 1 is 1.07 bits per heavy atom. The van der Waals surface area contributed by atoms with E-state index in [0.717, 1.165) is 25.2 Å². The number of nitrogens with one attached hydrogen (secondary N) is 1. The zero-order valence-corrected chi connectivity index (χ0v) is 15.3. The number of anilines is 1. The average Bonchev–Trinajstić information content (AvgIpc) is 2.67. The Morgan fingerprint density at radius 3 is 2.37 bits per heavy atom. The lowest BCUT2D eigenvalue weighted by atomic mass is 10.2. The smallest absolute Gasteiger partial charge is 0.354 e. The van der Waals surface area contributed by atoms with Crippen molar-refractivity contribution in [3.8, 4) is 0 Å². The largest absolute Gasteiger partial charge is 0.466 e. The van der Waals surface area contributed by atoms with Gasteiger partial charge in [0.25, 0.3) is 5.69 Å². The Balaban J connectivity index is 2.40. The van der Waals surface area contributed by atoms with Crippen molar-refractivity contribution in [1.82, 2.24) is 0 Å². The lowest BCUT2D eigenvalue weighted by Crippen LogP contribution is -2.16. The molecular formula is C18H16N2O6S. The maximum Gasteiger partial charge on any atom is 0.354 e. The SMILES string of the molecule is COC(=O)/C=C(/Nc1cc(Sc2ccccc2)ccc1[N+](=O)[O-])C(=O)OC. The lowest BCUT2D eigenvalue weighted by molar-refractivity contribution is -0.384. The van der Waals surface area contributed by atoms with Crippen molar-refractivity contribution in [2.24, 2.45) is 0 Å². The van der Waals surface area contributed by atoms with Gasteiger partial charge in [-0.3, -0.25) is 10.1 Å². The van der Waals surface area contributed by atoms with E-state index < -0.39 is 16.9 Å². The molecule has 0 amide bonds. The lowest BCUT2D eigenvalue weighted by Gasteiger charge is -2.11. The first kappa shape index (κ1) is 20.0. The van der Waals surface area contributed by atoms with Gasteiger partial charge in [-0.15, -0.1) is 0 Å². The zero-order chi connectivity index (χ0) is 19.8. The molecular weight excluding hydrogens is 372 g/mol. The predicted molar refractivity (Wildman–Crippen MR) is 99.4 cm³/mol. The van der Waals surface area contributed by atoms with E-state index in [2.05, 4.69) is 14.8 Å². The van der Waals surface area contributed by atoms with Gasteiger partial charge in [0.1, 0.15) is 11.4 Å². The minimum atomic E-state index is -0.865. The minimum Gasteiger partial charge on any atom is -0.466 e. The average molecular weight is 388 g/mol. The molecule has 0 saturated carbocycles. The molecule has 0 aliphatic rings. The van der Waals surface area contributed by atoms with Crippen LogP contribution in [0.1, 0.15) is 0 Å². The number of benzene rings is 2. The second kappa shape index (κ2) is 9.39. The molecule has 1 N–H and O–H groups in total. The van der Waals surface area contributed by atoms with Gasteiger partial charge in [-0.05, 0) is 24.3 Å². The van der Waals surface area contributed by atoms with Gasteiger partial charge in [-0.25, -0.2) is 9.59 Å². The Morgan fingerprint density at radius 2 is 1.78 bits per heavy atom. The molecule has 0 aromatic heterocycles. The number of hydrogen-bond donors (Lipinski definition) is 1. The van der Waals surface area contributed by atoms with Crippen LogP contribution in [-0.2, 0) is 19.1 Å². The van der Waals surface area contributed by atoms with Gasteiger partial charge in [0.15, 0.2) is 0 Å². The highest BCUT2D eigenvalue weighted by Gasteiger charge is 2.20. The van der Waals surface area contributed by atoms with Crippen molar-refractivity contribution in [2.75, 3.05) is 19.5 Å². The van der Waals surface area contributed by atoms with Crippen molar-refractivity contribution in [3.05, 3.63) is 70.4 Å². The van der Waals surface area contributed by atoms with Crippen LogP contribution in [0.15, 0.2) is 70.1 Å². The highest BCUT2D eigenvalue weighted by Crippen LogP contribution is 2.34. The molecule has 27 heavy (non-hydrogen) atoms. The maximum absolute atomic E-state index is 11.9. The van der Waals surface area contributed by atoms with Crippen LogP contribution in [-0.4, -0.2) is 31.1 Å². The first-order valence-electron chi connectivity index (χ1n) is 7.61. The number of rotatable bonds is 7. The third kappa shape index (κ3) is 5.58. The van der Waals surface area contributed by atoms with Crippen LogP contribution >= 0.6 is 11.8 Å². The molecule has 0 atom stereocenters. The standard InChI is InChI=1S/C18H16N2O6S/c1-25-17(21)11-15(18(22)26-2)19-14-10-13(8-9-16(14)20(23)24)27-12-6-4-3-5-7-12/h3-11,19H,1-2H3/b15-11+. The molecule has 0 radical (unpaired) electrons. The van der Waals surface area contributed by atoms with Gasteiger partial charge in [0.2, 0.25) is 0 Å². The summed E-state index contributed by atoms with van der Waals surface area (Å²) < 4.78 is 9.10. The Kier molecular flexibility index (Phi) is 6.95. The first-order chi connectivity index (χ1) is 12.9. The third-order valence-electron chi connectivity index (χ3n) is 3.28. The van der Waals surface area contributed by atoms with E-state index in [1.807, 2.05) is 30.3 Å². The molecule has 8 nitrogen and oxygen atoms in total. The molecule has 0 fully saturated rings. The number of hydrogen-bond acceptors (Lipinski definition) is 8. The second-order valence-corrected chi connectivity index (χ2v) is 6.20. The molecule has 2 rings (SSSR count). The summed E-state index contributed by atoms with van der Waals surface area (Å²) in [4.78, 5) is 35.7. The number of carbonyl (C=O) groups excluding carboxylic acids is 2. The minimum absolute atomic E-state index is 0.0430. The molecule has 0 spiro atoms. The normalized spacial score (nSPS) is 10.8. The van der Waals surface area contributed by atoms with E-state index in [-0.39, 0.29) is 17.1 Å². The summed E-state index contributed by atoms with van der Waals surface area (Å²) in [5.74, 6) is -1.67. The summed E-state index contributed by atoms with van der Waals surface area (Å²) >= 11 is 1.39. The molecule has 0 aliphatic heterocycles. The maximum atomic E-state index is 11.9. The number of nitro benzene ring substituents is 1. The monoisotopic (exact) mass is 388 g/mol. The van der Waals surface area contributed by atoms with E-state index in [4.69, 9.17) is 0 Å². The molecule has 0 bridgehead atoms. The number of nitro groups is 1. The highest BCUT2D eigenvalue weighted by atomic mass is 32.2. The molecule has 0 aliphatic carbocycles. The molecule has 0 unspecified atom stereocenters. The molecule has 2 aromatic carbocycles. The van der Waals surface area contributed by atoms with Crippen LogP contribution < -0.4 is 5.32 Å². The second-order valence-electron chi connectivity index (χ2n) is 5.05. The van der Waals surface area contributed by atoms with Crippen LogP contribution in [0.4, 0.5) is 11.4 Å². The van der Waals surface area contributed by atoms with Gasteiger partial charge in [-0.1, -0.05) is 30.0 Å². The topological polar surface area (TPSA) is 108 Å². The Hall–Kier alpha value is -3.33. The van der Waals surface area contributed by atoms with Crippen LogP contribution in [0, 0.1) is 10.1 Å². The highest BCUT2D eigenvalue weighted by molar-refractivity contribution is 7.99. The van der Waals surface area contributed by atoms with Gasteiger partial charge < -0.3 is 14.8 Å². The summed E-state index contributed by atoms with van der Waals surface area (Å²) in [6.45, 7) is 0. The van der Waals surface area contributed by atoms with Crippen LogP contribution in [0.5, 0.6) is 0 Å². The van der Waals surface area contributed by atoms with E-state index in [1.165, 1.54) is 23.9 Å². The number of ether oxygens (including phenoxy) is 2. The van der Waals surface area contributed by atoms with E-state index in [9.17, 15) is 19.7 Å². The number of methoxy groups -OCH3 is 2. The van der Waals surface area contributed by atoms with E-state index in [0.29, 0.717) is 4.90 Å². The predicted octanol–water partition coefficient (Wildman–Crippen LogP) is 3.39. The molecule has 140 valence electrons. The van der Waals surface area contributed by atoms with Crippen molar-refractivity contribution in [2.45, 2.75) is 9.79 Å². The van der Waals surface area contributed by atoms with Crippen molar-refractivity contribution >= 4 is 35.1 Å². The van der Waals surface area contributed by atoms with Crippen LogP contribution in [0.25, 0.3) is 0 Å². The summed E-state index contributed by atoms with van der Waals surface area (Å²) in [5.41, 5.74) is -0.497. The fourth-order valence-electron chi connectivity index (χ4n) is 2.04. The summed E-state index contributed by atoms with van der Waals surface area (Å²) in [6.07, 6.45) is 0.868. The van der Waals surface area contributed by atoms with Gasteiger partial charge in [0.05, 0.1) is 25.2 Å². The fraction of sp³-hybridized carbons (Fsp3) is 0.111. The van der Waals surface area contributed by atoms with Crippen molar-refractivity contribution < 1.29 is 24.0 Å². The first-order valence-corrected chi connectivity index (χ1v) is 8.42. The molecule has 0 heterocycles. The van der Waals surface area contributed by atoms with Gasteiger partial charge >= 0.3 is 11.9 Å². The van der Waals surface area contributed by atoms with Crippen LogP contribution in [0.3, 0.4) is 0 Å². The Bertz CT molecular complexity index is 883. The van der Waals surface area contributed by atoms with E-state index in [1.54, 1.807) is 6.07 Å².